The summed E-state index contributed by atoms with van der Waals surface area (Å²) in [6.07, 6.45) is 3.24. The van der Waals surface area contributed by atoms with Gasteiger partial charge in [0, 0.05) is 0 Å². The molecule has 0 spiro atoms. The Hall–Kier alpha value is -1.17. The lowest BCUT2D eigenvalue weighted by molar-refractivity contribution is 0.111. The normalized spacial score (nSPS) is 17.1. The fraction of sp³-hybridized carbons (Fsp3) is 0.636. The zero-order chi connectivity index (χ0) is 12.8. The van der Waals surface area contributed by atoms with Crippen molar-refractivity contribution in [2.45, 2.75) is 49.4 Å². The molecular weight excluding hydrogens is 240 g/mol. The average molecular weight is 256 g/mol. The van der Waals surface area contributed by atoms with E-state index in [2.05, 4.69) is 5.10 Å². The predicted molar refractivity (Wildman–Crippen MR) is 62.8 cm³/mol. The van der Waals surface area contributed by atoms with Crippen LogP contribution in [0.15, 0.2) is 11.2 Å². The molecule has 0 atom stereocenters. The first-order valence-corrected chi connectivity index (χ1v) is 7.10. The van der Waals surface area contributed by atoms with Crippen molar-refractivity contribution in [2.24, 2.45) is 0 Å². The van der Waals surface area contributed by atoms with Crippen LogP contribution in [0.3, 0.4) is 0 Å². The molecule has 0 N–H and O–H groups in total. The van der Waals surface area contributed by atoms with E-state index in [4.69, 9.17) is 0 Å². The molecule has 1 aromatic rings. The molecule has 17 heavy (non-hydrogen) atoms. The Morgan fingerprint density at radius 1 is 1.41 bits per heavy atom. The van der Waals surface area contributed by atoms with Crippen LogP contribution in [0.25, 0.3) is 0 Å². The summed E-state index contributed by atoms with van der Waals surface area (Å²) >= 11 is 0. The minimum Gasteiger partial charge on any atom is -0.298 e. The van der Waals surface area contributed by atoms with Crippen molar-refractivity contribution >= 4 is 16.1 Å². The minimum absolute atomic E-state index is 0.0718. The van der Waals surface area contributed by atoms with Crippen LogP contribution < -0.4 is 0 Å². The van der Waals surface area contributed by atoms with Gasteiger partial charge >= 0.3 is 0 Å². The van der Waals surface area contributed by atoms with Gasteiger partial charge in [0.1, 0.15) is 0 Å². The van der Waals surface area contributed by atoms with Crippen LogP contribution in [-0.4, -0.2) is 29.7 Å². The summed E-state index contributed by atoms with van der Waals surface area (Å²) in [6, 6.07) is 0. The number of rotatable bonds is 3. The molecule has 0 saturated heterocycles. The highest BCUT2D eigenvalue weighted by molar-refractivity contribution is 7.92. The summed E-state index contributed by atoms with van der Waals surface area (Å²) in [6.45, 7) is 5.58. The highest BCUT2D eigenvalue weighted by Gasteiger charge is 2.41. The SMILES string of the molecule is CC(C)(C)n1ncc(C=O)c1S(=O)(=O)C1CC1. The van der Waals surface area contributed by atoms with Gasteiger partial charge in [-0.2, -0.15) is 5.10 Å². The maximum absolute atomic E-state index is 12.3. The first kappa shape index (κ1) is 12.3. The molecule has 1 heterocycles. The summed E-state index contributed by atoms with van der Waals surface area (Å²) in [5.41, 5.74) is -0.301. The molecule has 94 valence electrons. The Kier molecular flexibility index (Phi) is 2.65. The standard InChI is InChI=1S/C11H16N2O3S/c1-11(2,3)13-10(8(7-14)6-12-13)17(15,16)9-4-5-9/h6-7,9H,4-5H2,1-3H3. The summed E-state index contributed by atoms with van der Waals surface area (Å²) < 4.78 is 26.0. The second-order valence-corrected chi connectivity index (χ2v) is 7.49. The van der Waals surface area contributed by atoms with Gasteiger partial charge in [-0.05, 0) is 33.6 Å². The summed E-state index contributed by atoms with van der Waals surface area (Å²) in [4.78, 5) is 10.9. The van der Waals surface area contributed by atoms with E-state index in [-0.39, 0.29) is 15.8 Å². The van der Waals surface area contributed by atoms with Crippen LogP contribution in [0.1, 0.15) is 44.0 Å². The Labute approximate surface area is 101 Å². The van der Waals surface area contributed by atoms with Crippen LogP contribution in [0, 0.1) is 0 Å². The van der Waals surface area contributed by atoms with Crippen molar-refractivity contribution in [3.05, 3.63) is 11.8 Å². The second kappa shape index (κ2) is 3.66. The van der Waals surface area contributed by atoms with Gasteiger partial charge in [0.2, 0.25) is 0 Å². The van der Waals surface area contributed by atoms with Crippen LogP contribution >= 0.6 is 0 Å². The van der Waals surface area contributed by atoms with Crippen molar-refractivity contribution in [3.8, 4) is 0 Å². The van der Waals surface area contributed by atoms with Crippen LogP contribution in [0.2, 0.25) is 0 Å². The predicted octanol–water partition coefficient (Wildman–Crippen LogP) is 1.39. The maximum Gasteiger partial charge on any atom is 0.198 e. The maximum atomic E-state index is 12.3. The van der Waals surface area contributed by atoms with Crippen molar-refractivity contribution < 1.29 is 13.2 Å². The van der Waals surface area contributed by atoms with E-state index < -0.39 is 15.4 Å². The van der Waals surface area contributed by atoms with Crippen LogP contribution in [0.5, 0.6) is 0 Å². The molecule has 0 radical (unpaired) electrons. The third-order valence-corrected chi connectivity index (χ3v) is 5.04. The molecule has 1 aliphatic carbocycles. The van der Waals surface area contributed by atoms with Crippen molar-refractivity contribution in [1.82, 2.24) is 9.78 Å². The minimum atomic E-state index is -3.41. The Morgan fingerprint density at radius 2 is 2.00 bits per heavy atom. The van der Waals surface area contributed by atoms with E-state index in [1.165, 1.54) is 10.9 Å². The first-order valence-electron chi connectivity index (χ1n) is 5.56. The third-order valence-electron chi connectivity index (χ3n) is 2.75. The van der Waals surface area contributed by atoms with Crippen molar-refractivity contribution in [1.29, 1.82) is 0 Å². The zero-order valence-electron chi connectivity index (χ0n) is 10.2. The fourth-order valence-corrected chi connectivity index (χ4v) is 3.79. The number of aldehydes is 1. The smallest absolute Gasteiger partial charge is 0.198 e. The molecular formula is C11H16N2O3S. The number of sulfone groups is 1. The van der Waals surface area contributed by atoms with Crippen LogP contribution in [0.4, 0.5) is 0 Å². The van der Waals surface area contributed by atoms with Crippen LogP contribution in [-0.2, 0) is 15.4 Å². The van der Waals surface area contributed by atoms with Crippen molar-refractivity contribution in [3.63, 3.8) is 0 Å². The summed E-state index contributed by atoms with van der Waals surface area (Å²) in [5, 5.41) is 3.78. The molecule has 0 aromatic carbocycles. The highest BCUT2D eigenvalue weighted by atomic mass is 32.2. The Balaban J connectivity index is 2.65. The van der Waals surface area contributed by atoms with Gasteiger partial charge in [-0.3, -0.25) is 4.79 Å². The molecule has 1 aromatic heterocycles. The van der Waals surface area contributed by atoms with Gasteiger partial charge in [-0.1, -0.05) is 0 Å². The van der Waals surface area contributed by atoms with Gasteiger partial charge in [0.15, 0.2) is 21.1 Å². The molecule has 1 saturated carbocycles. The molecule has 0 aliphatic heterocycles. The highest BCUT2D eigenvalue weighted by Crippen LogP contribution is 2.36. The zero-order valence-corrected chi connectivity index (χ0v) is 11.0. The number of carbonyl (C=O) groups excluding carboxylic acids is 1. The number of hydrogen-bond acceptors (Lipinski definition) is 4. The van der Waals surface area contributed by atoms with Gasteiger partial charge in [-0.25, -0.2) is 13.1 Å². The van der Waals surface area contributed by atoms with Crippen molar-refractivity contribution in [2.75, 3.05) is 0 Å². The van der Waals surface area contributed by atoms with E-state index in [0.717, 1.165) is 0 Å². The van der Waals surface area contributed by atoms with E-state index in [0.29, 0.717) is 19.1 Å². The summed E-state index contributed by atoms with van der Waals surface area (Å²) in [5.74, 6) is 0. The van der Waals surface area contributed by atoms with E-state index in [1.54, 1.807) is 0 Å². The molecule has 0 unspecified atom stereocenters. The van der Waals surface area contributed by atoms with Gasteiger partial charge < -0.3 is 0 Å². The summed E-state index contributed by atoms with van der Waals surface area (Å²) in [7, 11) is -3.41. The number of hydrogen-bond donors (Lipinski definition) is 0. The van der Waals surface area contributed by atoms with Gasteiger partial charge in [0.25, 0.3) is 0 Å². The molecule has 0 bridgehead atoms. The van der Waals surface area contributed by atoms with E-state index >= 15 is 0 Å². The third kappa shape index (κ3) is 2.01. The second-order valence-electron chi connectivity index (χ2n) is 5.35. The number of carbonyl (C=O) groups is 1. The lowest BCUT2D eigenvalue weighted by atomic mass is 10.1. The molecule has 1 aliphatic rings. The lowest BCUT2D eigenvalue weighted by Gasteiger charge is -2.22. The topological polar surface area (TPSA) is 69.0 Å². The first-order chi connectivity index (χ1) is 7.78. The number of aromatic nitrogens is 2. The van der Waals surface area contributed by atoms with Gasteiger partial charge in [0.05, 0.1) is 22.5 Å². The molecule has 1 fully saturated rings. The molecule has 5 nitrogen and oxygen atoms in total. The average Bonchev–Trinajstić information content (AvgIpc) is 2.95. The van der Waals surface area contributed by atoms with E-state index in [1.807, 2.05) is 20.8 Å². The Morgan fingerprint density at radius 3 is 2.41 bits per heavy atom. The fourth-order valence-electron chi connectivity index (χ4n) is 1.73. The monoisotopic (exact) mass is 256 g/mol. The number of nitrogens with zero attached hydrogens (tertiary/aromatic N) is 2. The van der Waals surface area contributed by atoms with Gasteiger partial charge in [-0.15, -0.1) is 0 Å². The Bertz CT molecular complexity index is 548. The molecule has 2 rings (SSSR count). The molecule has 0 amide bonds. The largest absolute Gasteiger partial charge is 0.298 e. The lowest BCUT2D eigenvalue weighted by Crippen LogP contribution is -2.28. The van der Waals surface area contributed by atoms with E-state index in [9.17, 15) is 13.2 Å². The quantitative estimate of drug-likeness (QED) is 0.766. The molecule has 6 heteroatoms.